The zero-order chi connectivity index (χ0) is 17.3. The molecule has 0 bridgehead atoms. The molecular formula is C17H20N4O3. The number of aryl methyl sites for hydroxylation is 3. The van der Waals surface area contributed by atoms with Gasteiger partial charge in [-0.05, 0) is 50.3 Å². The third-order valence-electron chi connectivity index (χ3n) is 4.12. The molecule has 0 unspecified atom stereocenters. The molecule has 24 heavy (non-hydrogen) atoms. The van der Waals surface area contributed by atoms with Crippen LogP contribution in [0.2, 0.25) is 0 Å². The van der Waals surface area contributed by atoms with Gasteiger partial charge in [-0.2, -0.15) is 4.98 Å². The van der Waals surface area contributed by atoms with Crippen LogP contribution in [0.5, 0.6) is 0 Å². The van der Waals surface area contributed by atoms with Crippen LogP contribution >= 0.6 is 0 Å². The molecule has 7 nitrogen and oxygen atoms in total. The minimum absolute atomic E-state index is 0.0622. The predicted octanol–water partition coefficient (Wildman–Crippen LogP) is 2.12. The summed E-state index contributed by atoms with van der Waals surface area (Å²) in [5.41, 5.74) is 3.38. The van der Waals surface area contributed by atoms with Gasteiger partial charge in [-0.3, -0.25) is 14.9 Å². The number of hydrogen-bond acceptors (Lipinski definition) is 5. The van der Waals surface area contributed by atoms with E-state index in [2.05, 4.69) is 21.5 Å². The van der Waals surface area contributed by atoms with E-state index >= 15 is 0 Å². The first-order chi connectivity index (χ1) is 11.4. The van der Waals surface area contributed by atoms with Crippen molar-refractivity contribution in [3.63, 3.8) is 0 Å². The highest BCUT2D eigenvalue weighted by Gasteiger charge is 2.36. The Kier molecular flexibility index (Phi) is 4.33. The summed E-state index contributed by atoms with van der Waals surface area (Å²) in [5, 5.41) is 5.94. The normalized spacial score (nSPS) is 13.6. The zero-order valence-electron chi connectivity index (χ0n) is 14.0. The minimum Gasteiger partial charge on any atom is -0.327 e. The first-order valence-corrected chi connectivity index (χ1v) is 7.92. The standard InChI is InChI=1S/C17H20N4O3/c1-10-4-5-13(8-11(10)2)9-21(14-6-7-14)16(23)15(22)19-17-18-12(3)20-24-17/h4-5,8,14H,6-7,9H2,1-3H3,(H,18,19,20,22). The number of carbonyl (C=O) groups is 2. The largest absolute Gasteiger partial charge is 0.328 e. The van der Waals surface area contributed by atoms with Gasteiger partial charge in [-0.1, -0.05) is 23.4 Å². The fourth-order valence-corrected chi connectivity index (χ4v) is 2.48. The van der Waals surface area contributed by atoms with E-state index < -0.39 is 11.8 Å². The van der Waals surface area contributed by atoms with E-state index in [9.17, 15) is 9.59 Å². The van der Waals surface area contributed by atoms with Gasteiger partial charge in [0, 0.05) is 12.6 Å². The van der Waals surface area contributed by atoms with Crippen LogP contribution in [0, 0.1) is 20.8 Å². The van der Waals surface area contributed by atoms with E-state index in [1.54, 1.807) is 11.8 Å². The molecule has 0 radical (unpaired) electrons. The Morgan fingerprint density at radius 1 is 1.25 bits per heavy atom. The van der Waals surface area contributed by atoms with Crippen molar-refractivity contribution in [2.45, 2.75) is 46.2 Å². The first-order valence-electron chi connectivity index (χ1n) is 7.92. The molecule has 126 valence electrons. The zero-order valence-corrected chi connectivity index (χ0v) is 14.0. The molecule has 1 aromatic carbocycles. The summed E-state index contributed by atoms with van der Waals surface area (Å²) in [5.74, 6) is -0.937. The second-order valence-electron chi connectivity index (χ2n) is 6.18. The van der Waals surface area contributed by atoms with Crippen molar-refractivity contribution in [2.24, 2.45) is 0 Å². The number of carbonyl (C=O) groups excluding carboxylic acids is 2. The highest BCUT2D eigenvalue weighted by atomic mass is 16.5. The van der Waals surface area contributed by atoms with Crippen LogP contribution in [0.25, 0.3) is 0 Å². The van der Waals surface area contributed by atoms with Crippen molar-refractivity contribution >= 4 is 17.8 Å². The Hall–Kier alpha value is -2.70. The van der Waals surface area contributed by atoms with Crippen LogP contribution in [0.3, 0.4) is 0 Å². The minimum atomic E-state index is -0.755. The van der Waals surface area contributed by atoms with Crippen molar-refractivity contribution in [2.75, 3.05) is 5.32 Å². The van der Waals surface area contributed by atoms with Gasteiger partial charge in [-0.25, -0.2) is 0 Å². The lowest BCUT2D eigenvalue weighted by Gasteiger charge is -2.22. The molecule has 3 rings (SSSR count). The van der Waals surface area contributed by atoms with Crippen molar-refractivity contribution < 1.29 is 14.1 Å². The lowest BCUT2D eigenvalue weighted by molar-refractivity contribution is -0.144. The van der Waals surface area contributed by atoms with Gasteiger partial charge in [-0.15, -0.1) is 0 Å². The molecule has 0 saturated heterocycles. The summed E-state index contributed by atoms with van der Waals surface area (Å²) in [6, 6.07) is 6.13. The van der Waals surface area contributed by atoms with E-state index in [-0.39, 0.29) is 12.1 Å². The molecule has 7 heteroatoms. The Balaban J connectivity index is 1.71. The summed E-state index contributed by atoms with van der Waals surface area (Å²) in [7, 11) is 0. The summed E-state index contributed by atoms with van der Waals surface area (Å²) >= 11 is 0. The maximum absolute atomic E-state index is 12.5. The van der Waals surface area contributed by atoms with Crippen molar-refractivity contribution in [3.05, 3.63) is 40.7 Å². The average molecular weight is 328 g/mol. The van der Waals surface area contributed by atoms with Gasteiger partial charge < -0.3 is 9.42 Å². The van der Waals surface area contributed by atoms with Crippen LogP contribution in [-0.4, -0.2) is 32.9 Å². The maximum Gasteiger partial charge on any atom is 0.328 e. The molecule has 1 aromatic heterocycles. The molecule has 2 aromatic rings. The summed E-state index contributed by atoms with van der Waals surface area (Å²) in [6.07, 6.45) is 1.84. The monoisotopic (exact) mass is 328 g/mol. The first kappa shape index (κ1) is 16.2. The number of hydrogen-bond donors (Lipinski definition) is 1. The van der Waals surface area contributed by atoms with Crippen LogP contribution in [0.4, 0.5) is 6.01 Å². The van der Waals surface area contributed by atoms with Crippen molar-refractivity contribution in [1.29, 1.82) is 0 Å². The van der Waals surface area contributed by atoms with E-state index in [1.807, 2.05) is 26.0 Å². The molecule has 1 aliphatic carbocycles. The third kappa shape index (κ3) is 3.61. The molecule has 2 amide bonds. The van der Waals surface area contributed by atoms with E-state index in [0.717, 1.165) is 18.4 Å². The van der Waals surface area contributed by atoms with E-state index in [0.29, 0.717) is 12.4 Å². The topological polar surface area (TPSA) is 88.3 Å². The SMILES string of the molecule is Cc1noc(NC(=O)C(=O)N(Cc2ccc(C)c(C)c2)C2CC2)n1. The average Bonchev–Trinajstić information content (AvgIpc) is 3.30. The van der Waals surface area contributed by atoms with E-state index in [1.165, 1.54) is 11.1 Å². The second-order valence-corrected chi connectivity index (χ2v) is 6.18. The number of nitrogens with one attached hydrogen (secondary N) is 1. The Labute approximate surface area is 140 Å². The number of rotatable bonds is 4. The van der Waals surface area contributed by atoms with E-state index in [4.69, 9.17) is 4.52 Å². The Bertz CT molecular complexity index is 780. The predicted molar refractivity (Wildman–Crippen MR) is 87.2 cm³/mol. The highest BCUT2D eigenvalue weighted by molar-refractivity contribution is 6.39. The van der Waals surface area contributed by atoms with Gasteiger partial charge in [0.2, 0.25) is 0 Å². The Morgan fingerprint density at radius 3 is 2.58 bits per heavy atom. The van der Waals surface area contributed by atoms with Gasteiger partial charge in [0.1, 0.15) is 0 Å². The van der Waals surface area contributed by atoms with Crippen LogP contribution in [0.1, 0.15) is 35.4 Å². The quantitative estimate of drug-likeness (QED) is 0.869. The smallest absolute Gasteiger partial charge is 0.327 e. The van der Waals surface area contributed by atoms with Crippen molar-refractivity contribution in [1.82, 2.24) is 15.0 Å². The number of amides is 2. The number of benzene rings is 1. The van der Waals surface area contributed by atoms with Crippen LogP contribution < -0.4 is 5.32 Å². The molecule has 1 aliphatic rings. The second kappa shape index (κ2) is 6.43. The molecular weight excluding hydrogens is 308 g/mol. The van der Waals surface area contributed by atoms with Crippen LogP contribution in [0.15, 0.2) is 22.7 Å². The van der Waals surface area contributed by atoms with Gasteiger partial charge >= 0.3 is 17.8 Å². The lowest BCUT2D eigenvalue weighted by Crippen LogP contribution is -2.40. The van der Waals surface area contributed by atoms with Gasteiger partial charge in [0.25, 0.3) is 0 Å². The summed E-state index contributed by atoms with van der Waals surface area (Å²) in [6.45, 7) is 6.13. The summed E-state index contributed by atoms with van der Waals surface area (Å²) < 4.78 is 4.82. The fraction of sp³-hybridized carbons (Fsp3) is 0.412. The van der Waals surface area contributed by atoms with Gasteiger partial charge in [0.05, 0.1) is 0 Å². The maximum atomic E-state index is 12.5. The molecule has 1 N–H and O–H groups in total. The third-order valence-corrected chi connectivity index (χ3v) is 4.12. The molecule has 1 heterocycles. The lowest BCUT2D eigenvalue weighted by atomic mass is 10.1. The molecule has 1 fully saturated rings. The Morgan fingerprint density at radius 2 is 2.00 bits per heavy atom. The number of nitrogens with zero attached hydrogens (tertiary/aromatic N) is 3. The highest BCUT2D eigenvalue weighted by Crippen LogP contribution is 2.29. The van der Waals surface area contributed by atoms with Crippen LogP contribution in [-0.2, 0) is 16.1 Å². The molecule has 0 spiro atoms. The molecule has 0 atom stereocenters. The van der Waals surface area contributed by atoms with Crippen molar-refractivity contribution in [3.8, 4) is 0 Å². The number of aromatic nitrogens is 2. The number of anilines is 1. The van der Waals surface area contributed by atoms with Gasteiger partial charge in [0.15, 0.2) is 5.82 Å². The summed E-state index contributed by atoms with van der Waals surface area (Å²) in [4.78, 5) is 30.2. The molecule has 1 saturated carbocycles. The molecule has 0 aliphatic heterocycles. The fourth-order valence-electron chi connectivity index (χ4n) is 2.48.